The van der Waals surface area contributed by atoms with Gasteiger partial charge in [0.2, 0.25) is 5.95 Å². The van der Waals surface area contributed by atoms with E-state index < -0.39 is 0 Å². The highest BCUT2D eigenvalue weighted by Crippen LogP contribution is 2.39. The lowest BCUT2D eigenvalue weighted by Gasteiger charge is -2.27. The van der Waals surface area contributed by atoms with Gasteiger partial charge < -0.3 is 19.4 Å². The SMILES string of the molecule is CCCNc1nccc(-c2c(-c3ccc(F)cc3)nc3n2[C@H](CN(CCOC)Cc2cccc(OCC)c2)CC3)n1. The zero-order valence-electron chi connectivity index (χ0n) is 24.1. The fourth-order valence-electron chi connectivity index (χ4n) is 5.42. The van der Waals surface area contributed by atoms with Gasteiger partial charge in [0.15, 0.2) is 0 Å². The van der Waals surface area contributed by atoms with Crippen LogP contribution in [0.15, 0.2) is 60.8 Å². The Morgan fingerprint density at radius 1 is 1.10 bits per heavy atom. The minimum absolute atomic E-state index is 0.190. The largest absolute Gasteiger partial charge is 0.494 e. The van der Waals surface area contributed by atoms with Crippen molar-refractivity contribution >= 4 is 5.95 Å². The highest BCUT2D eigenvalue weighted by Gasteiger charge is 2.32. The molecule has 0 unspecified atom stereocenters. The van der Waals surface area contributed by atoms with Crippen LogP contribution in [-0.4, -0.2) is 64.4 Å². The molecule has 5 rings (SSSR count). The molecule has 4 aromatic rings. The summed E-state index contributed by atoms with van der Waals surface area (Å²) in [5.41, 5.74) is 4.63. The quantitative estimate of drug-likeness (QED) is 0.203. The third kappa shape index (κ3) is 6.92. The number of halogens is 1. The van der Waals surface area contributed by atoms with Gasteiger partial charge in [-0.25, -0.2) is 19.3 Å². The molecular formula is C32H39FN6O2. The van der Waals surface area contributed by atoms with Gasteiger partial charge in [-0.3, -0.25) is 4.90 Å². The Kier molecular flexibility index (Phi) is 9.59. The average molecular weight is 559 g/mol. The van der Waals surface area contributed by atoms with Gasteiger partial charge in [0.05, 0.1) is 30.3 Å². The Morgan fingerprint density at radius 3 is 2.73 bits per heavy atom. The first-order chi connectivity index (χ1) is 20.1. The van der Waals surface area contributed by atoms with E-state index in [1.54, 1.807) is 25.4 Å². The average Bonchev–Trinajstić information content (AvgIpc) is 3.55. The standard InChI is InChI=1S/C32H39FN6O2/c1-4-16-34-32-35-17-15-28(36-32)31-30(24-9-11-25(33)12-10-24)37-29-14-13-26(39(29)31)22-38(18-19-40-3)21-23-7-6-8-27(20-23)41-5-2/h6-12,15,17,20,26H,4-5,13-14,16,18-19,21-22H2,1-3H3,(H,34,35,36)/t26-/m0/s1. The summed E-state index contributed by atoms with van der Waals surface area (Å²) in [7, 11) is 1.74. The highest BCUT2D eigenvalue weighted by atomic mass is 19.1. The van der Waals surface area contributed by atoms with Crippen molar-refractivity contribution in [3.63, 3.8) is 0 Å². The summed E-state index contributed by atoms with van der Waals surface area (Å²) in [6.07, 6.45) is 4.61. The number of hydrogen-bond donors (Lipinski definition) is 1. The van der Waals surface area contributed by atoms with E-state index >= 15 is 0 Å². The number of hydrogen-bond acceptors (Lipinski definition) is 7. The molecule has 9 heteroatoms. The molecule has 2 aromatic heterocycles. The van der Waals surface area contributed by atoms with E-state index in [0.717, 1.165) is 79.7 Å². The first-order valence-corrected chi connectivity index (χ1v) is 14.5. The summed E-state index contributed by atoms with van der Waals surface area (Å²) in [5, 5.41) is 3.30. The van der Waals surface area contributed by atoms with Gasteiger partial charge in [0.1, 0.15) is 17.4 Å². The van der Waals surface area contributed by atoms with E-state index in [1.807, 2.05) is 25.1 Å². The molecule has 1 aliphatic rings. The van der Waals surface area contributed by atoms with Crippen LogP contribution in [0.5, 0.6) is 5.75 Å². The second-order valence-corrected chi connectivity index (χ2v) is 10.3. The Hall–Kier alpha value is -3.82. The lowest BCUT2D eigenvalue weighted by Crippen LogP contribution is -2.32. The molecule has 0 aliphatic carbocycles. The van der Waals surface area contributed by atoms with Crippen molar-refractivity contribution in [3.05, 3.63) is 78.0 Å². The fraction of sp³-hybridized carbons (Fsp3) is 0.406. The van der Waals surface area contributed by atoms with Crippen molar-refractivity contribution in [2.75, 3.05) is 45.3 Å². The maximum Gasteiger partial charge on any atom is 0.223 e. The van der Waals surface area contributed by atoms with Gasteiger partial charge in [-0.05, 0) is 67.8 Å². The lowest BCUT2D eigenvalue weighted by molar-refractivity contribution is 0.134. The number of methoxy groups -OCH3 is 1. The van der Waals surface area contributed by atoms with Gasteiger partial charge in [-0.2, -0.15) is 0 Å². The van der Waals surface area contributed by atoms with Gasteiger partial charge in [-0.15, -0.1) is 0 Å². The third-order valence-corrected chi connectivity index (χ3v) is 7.30. The molecule has 41 heavy (non-hydrogen) atoms. The molecule has 8 nitrogen and oxygen atoms in total. The second kappa shape index (κ2) is 13.7. The number of aromatic nitrogens is 4. The monoisotopic (exact) mass is 558 g/mol. The minimum atomic E-state index is -0.268. The maximum absolute atomic E-state index is 13.8. The first kappa shape index (κ1) is 28.7. The number of rotatable bonds is 14. The van der Waals surface area contributed by atoms with Crippen LogP contribution < -0.4 is 10.1 Å². The summed E-state index contributed by atoms with van der Waals surface area (Å²) in [6, 6.07) is 17.0. The second-order valence-electron chi connectivity index (χ2n) is 10.3. The van der Waals surface area contributed by atoms with Gasteiger partial charge in [0, 0.05) is 57.5 Å². The smallest absolute Gasteiger partial charge is 0.223 e. The number of benzene rings is 2. The van der Waals surface area contributed by atoms with Crippen LogP contribution in [0.2, 0.25) is 0 Å². The molecule has 1 N–H and O–H groups in total. The van der Waals surface area contributed by atoms with E-state index in [2.05, 4.69) is 38.8 Å². The van der Waals surface area contributed by atoms with Crippen molar-refractivity contribution in [1.29, 1.82) is 0 Å². The van der Waals surface area contributed by atoms with Crippen molar-refractivity contribution in [2.24, 2.45) is 0 Å². The van der Waals surface area contributed by atoms with E-state index in [1.165, 1.54) is 17.7 Å². The topological polar surface area (TPSA) is 77.3 Å². The molecule has 1 aliphatic heterocycles. The number of nitrogens with zero attached hydrogens (tertiary/aromatic N) is 5. The van der Waals surface area contributed by atoms with Crippen molar-refractivity contribution in [1.82, 2.24) is 24.4 Å². The van der Waals surface area contributed by atoms with Gasteiger partial charge >= 0.3 is 0 Å². The van der Waals surface area contributed by atoms with Crippen LogP contribution in [0.25, 0.3) is 22.6 Å². The highest BCUT2D eigenvalue weighted by molar-refractivity contribution is 5.78. The van der Waals surface area contributed by atoms with Crippen LogP contribution in [0.4, 0.5) is 10.3 Å². The minimum Gasteiger partial charge on any atom is -0.494 e. The van der Waals surface area contributed by atoms with E-state index in [-0.39, 0.29) is 11.9 Å². The van der Waals surface area contributed by atoms with Gasteiger partial charge in [0.25, 0.3) is 0 Å². The van der Waals surface area contributed by atoms with Crippen LogP contribution >= 0.6 is 0 Å². The van der Waals surface area contributed by atoms with E-state index in [4.69, 9.17) is 19.4 Å². The summed E-state index contributed by atoms with van der Waals surface area (Å²) in [5.74, 6) is 2.23. The summed E-state index contributed by atoms with van der Waals surface area (Å²) >= 11 is 0. The van der Waals surface area contributed by atoms with Crippen LogP contribution in [0.1, 0.15) is 44.1 Å². The zero-order valence-corrected chi connectivity index (χ0v) is 24.1. The number of imidazole rings is 1. The van der Waals surface area contributed by atoms with E-state index in [0.29, 0.717) is 19.2 Å². The summed E-state index contributed by atoms with van der Waals surface area (Å²) in [6.45, 7) is 8.59. The number of fused-ring (bicyclic) bond motifs is 1. The van der Waals surface area contributed by atoms with Gasteiger partial charge in [-0.1, -0.05) is 19.1 Å². The molecule has 1 atom stereocenters. The number of anilines is 1. The fourth-order valence-corrected chi connectivity index (χ4v) is 5.42. The number of aryl methyl sites for hydroxylation is 1. The molecule has 0 saturated carbocycles. The Bertz CT molecular complexity index is 1420. The molecule has 2 aromatic carbocycles. The Labute approximate surface area is 241 Å². The summed E-state index contributed by atoms with van der Waals surface area (Å²) in [4.78, 5) is 16.8. The molecule has 0 saturated heterocycles. The summed E-state index contributed by atoms with van der Waals surface area (Å²) < 4.78 is 27.4. The van der Waals surface area contributed by atoms with Crippen molar-refractivity contribution < 1.29 is 13.9 Å². The Balaban J connectivity index is 1.50. The predicted octanol–water partition coefficient (Wildman–Crippen LogP) is 6.00. The zero-order chi connectivity index (χ0) is 28.6. The lowest BCUT2D eigenvalue weighted by atomic mass is 10.1. The van der Waals surface area contributed by atoms with Crippen molar-refractivity contribution in [2.45, 2.75) is 45.7 Å². The molecule has 0 spiro atoms. The molecule has 3 heterocycles. The molecule has 0 fully saturated rings. The third-order valence-electron chi connectivity index (χ3n) is 7.30. The predicted molar refractivity (Wildman–Crippen MR) is 160 cm³/mol. The normalized spacial score (nSPS) is 14.4. The van der Waals surface area contributed by atoms with Crippen LogP contribution in [-0.2, 0) is 17.7 Å². The maximum atomic E-state index is 13.8. The number of ether oxygens (including phenoxy) is 2. The number of nitrogens with one attached hydrogen (secondary N) is 1. The molecular weight excluding hydrogens is 519 g/mol. The van der Waals surface area contributed by atoms with Crippen LogP contribution in [0, 0.1) is 5.82 Å². The Morgan fingerprint density at radius 2 is 1.95 bits per heavy atom. The van der Waals surface area contributed by atoms with Crippen LogP contribution in [0.3, 0.4) is 0 Å². The van der Waals surface area contributed by atoms with E-state index in [9.17, 15) is 4.39 Å². The molecule has 0 radical (unpaired) electrons. The van der Waals surface area contributed by atoms with Crippen molar-refractivity contribution in [3.8, 4) is 28.4 Å². The molecule has 216 valence electrons. The molecule has 0 bridgehead atoms. The molecule has 0 amide bonds. The first-order valence-electron chi connectivity index (χ1n) is 14.5.